The van der Waals surface area contributed by atoms with Crippen LogP contribution in [0.1, 0.15) is 50.2 Å². The third-order valence-electron chi connectivity index (χ3n) is 7.48. The summed E-state index contributed by atoms with van der Waals surface area (Å²) >= 11 is 19.1. The second-order valence-corrected chi connectivity index (χ2v) is 13.6. The van der Waals surface area contributed by atoms with E-state index < -0.39 is 28.5 Å². The predicted molar refractivity (Wildman–Crippen MR) is 169 cm³/mol. The van der Waals surface area contributed by atoms with Crippen molar-refractivity contribution >= 4 is 62.3 Å². The first-order chi connectivity index (χ1) is 20.0. The molecule has 3 aromatic rings. The molecule has 1 N–H and O–H groups in total. The molecule has 11 heteroatoms. The van der Waals surface area contributed by atoms with E-state index in [2.05, 4.69) is 5.32 Å². The Hall–Kier alpha value is -2.78. The Morgan fingerprint density at radius 2 is 1.52 bits per heavy atom. The molecule has 0 aliphatic heterocycles. The summed E-state index contributed by atoms with van der Waals surface area (Å²) in [7, 11) is -4.18. The Labute approximate surface area is 262 Å². The van der Waals surface area contributed by atoms with Gasteiger partial charge in [0.1, 0.15) is 12.6 Å². The maximum absolute atomic E-state index is 14.2. The maximum Gasteiger partial charge on any atom is 0.264 e. The number of carbonyl (C=O) groups is 2. The number of amides is 2. The SMILES string of the molecule is CC[C@H](C(=O)NC1CCCC1)N(Cc1c(Cl)cccc1Cl)C(=O)CN(c1ccc(Cl)cc1)S(=O)(=O)c1ccc(C)cc1. The second-order valence-electron chi connectivity index (χ2n) is 10.4. The van der Waals surface area contributed by atoms with Crippen LogP contribution in [0.25, 0.3) is 0 Å². The molecule has 4 rings (SSSR count). The number of hydrogen-bond donors (Lipinski definition) is 1. The van der Waals surface area contributed by atoms with Crippen LogP contribution in [0.3, 0.4) is 0 Å². The van der Waals surface area contributed by atoms with Crippen LogP contribution < -0.4 is 9.62 Å². The van der Waals surface area contributed by atoms with E-state index in [1.165, 1.54) is 17.0 Å². The standard InChI is InChI=1S/C31H34Cl3N3O4S/c1-3-29(31(39)35-23-7-4-5-8-23)36(19-26-27(33)9-6-10-28(26)34)30(38)20-37(24-15-13-22(32)14-16-24)42(40,41)25-17-11-21(2)12-18-25/h6,9-18,23,29H,3-5,7-8,19-20H2,1-2H3,(H,35,39)/t29-/m1/s1. The highest BCUT2D eigenvalue weighted by atomic mass is 35.5. The van der Waals surface area contributed by atoms with Crippen molar-refractivity contribution in [2.75, 3.05) is 10.8 Å². The first-order valence-electron chi connectivity index (χ1n) is 13.9. The second kappa shape index (κ2) is 14.1. The average Bonchev–Trinajstić information content (AvgIpc) is 3.47. The van der Waals surface area contributed by atoms with E-state index in [4.69, 9.17) is 34.8 Å². The van der Waals surface area contributed by atoms with Crippen LogP contribution in [-0.2, 0) is 26.2 Å². The molecule has 0 radical (unpaired) electrons. The lowest BCUT2D eigenvalue weighted by atomic mass is 10.1. The van der Waals surface area contributed by atoms with Crippen molar-refractivity contribution in [2.45, 2.75) is 69.5 Å². The molecule has 0 heterocycles. The van der Waals surface area contributed by atoms with Crippen molar-refractivity contribution in [3.8, 4) is 0 Å². The van der Waals surface area contributed by atoms with Crippen LogP contribution in [0.5, 0.6) is 0 Å². The van der Waals surface area contributed by atoms with Gasteiger partial charge >= 0.3 is 0 Å². The topological polar surface area (TPSA) is 86.8 Å². The number of carbonyl (C=O) groups excluding carboxylic acids is 2. The zero-order chi connectivity index (χ0) is 30.4. The van der Waals surface area contributed by atoms with Crippen LogP contribution in [0, 0.1) is 6.92 Å². The van der Waals surface area contributed by atoms with Crippen LogP contribution >= 0.6 is 34.8 Å². The smallest absolute Gasteiger partial charge is 0.264 e. The lowest BCUT2D eigenvalue weighted by Gasteiger charge is -2.34. The lowest BCUT2D eigenvalue weighted by molar-refractivity contribution is -0.140. The van der Waals surface area contributed by atoms with Gasteiger partial charge < -0.3 is 10.2 Å². The van der Waals surface area contributed by atoms with Crippen LogP contribution in [0.15, 0.2) is 71.6 Å². The molecule has 0 unspecified atom stereocenters. The van der Waals surface area contributed by atoms with Crippen molar-refractivity contribution < 1.29 is 18.0 Å². The summed E-state index contributed by atoms with van der Waals surface area (Å²) in [5, 5.41) is 4.19. The number of benzene rings is 3. The van der Waals surface area contributed by atoms with Gasteiger partial charge in [-0.2, -0.15) is 0 Å². The van der Waals surface area contributed by atoms with Gasteiger partial charge in [0.2, 0.25) is 11.8 Å². The van der Waals surface area contributed by atoms with Gasteiger partial charge in [0.25, 0.3) is 10.0 Å². The molecular weight excluding hydrogens is 617 g/mol. The van der Waals surface area contributed by atoms with Crippen molar-refractivity contribution in [3.63, 3.8) is 0 Å². The van der Waals surface area contributed by atoms with Crippen molar-refractivity contribution in [1.29, 1.82) is 0 Å². The molecule has 224 valence electrons. The number of hydrogen-bond acceptors (Lipinski definition) is 4. The summed E-state index contributed by atoms with van der Waals surface area (Å²) in [5.41, 5.74) is 1.62. The third-order valence-corrected chi connectivity index (χ3v) is 10.2. The monoisotopic (exact) mass is 649 g/mol. The predicted octanol–water partition coefficient (Wildman–Crippen LogP) is 7.02. The van der Waals surface area contributed by atoms with E-state index in [1.54, 1.807) is 54.6 Å². The number of anilines is 1. The van der Waals surface area contributed by atoms with Crippen LogP contribution in [0.4, 0.5) is 5.69 Å². The summed E-state index contributed by atoms with van der Waals surface area (Å²) in [6.07, 6.45) is 4.13. The van der Waals surface area contributed by atoms with Crippen LogP contribution in [-0.4, -0.2) is 43.8 Å². The van der Waals surface area contributed by atoms with E-state index in [-0.39, 0.29) is 29.1 Å². The van der Waals surface area contributed by atoms with E-state index in [0.29, 0.717) is 27.1 Å². The normalized spacial score (nSPS) is 14.4. The molecule has 0 spiro atoms. The van der Waals surface area contributed by atoms with Gasteiger partial charge in [-0.25, -0.2) is 8.42 Å². The molecule has 1 saturated carbocycles. The van der Waals surface area contributed by atoms with Crippen molar-refractivity contribution in [3.05, 3.63) is 92.9 Å². The highest BCUT2D eigenvalue weighted by Gasteiger charge is 2.35. The Kier molecular flexibility index (Phi) is 10.8. The van der Waals surface area contributed by atoms with Crippen molar-refractivity contribution in [1.82, 2.24) is 10.2 Å². The molecule has 42 heavy (non-hydrogen) atoms. The number of rotatable bonds is 11. The van der Waals surface area contributed by atoms with Gasteiger partial charge in [-0.3, -0.25) is 13.9 Å². The fourth-order valence-electron chi connectivity index (χ4n) is 5.11. The summed E-state index contributed by atoms with van der Waals surface area (Å²) in [4.78, 5) is 29.2. The molecule has 7 nitrogen and oxygen atoms in total. The first kappa shape index (κ1) is 32.1. The van der Waals surface area contributed by atoms with Gasteiger partial charge in [-0.1, -0.05) is 78.3 Å². The number of halogens is 3. The van der Waals surface area contributed by atoms with E-state index in [0.717, 1.165) is 35.6 Å². The molecule has 2 amide bonds. The van der Waals surface area contributed by atoms with E-state index in [9.17, 15) is 18.0 Å². The minimum Gasteiger partial charge on any atom is -0.352 e. The fraction of sp³-hybridized carbons (Fsp3) is 0.355. The molecule has 1 aliphatic rings. The van der Waals surface area contributed by atoms with Gasteiger partial charge in [-0.15, -0.1) is 0 Å². The Bertz CT molecular complexity index is 1490. The zero-order valence-electron chi connectivity index (χ0n) is 23.5. The summed E-state index contributed by atoms with van der Waals surface area (Å²) in [6, 6.07) is 16.8. The third kappa shape index (κ3) is 7.59. The Balaban J connectivity index is 1.74. The summed E-state index contributed by atoms with van der Waals surface area (Å²) < 4.78 is 29.0. The fourth-order valence-corrected chi connectivity index (χ4v) is 7.17. The van der Waals surface area contributed by atoms with Gasteiger partial charge in [0.05, 0.1) is 10.6 Å². The molecule has 1 atom stereocenters. The Morgan fingerprint density at radius 3 is 2.10 bits per heavy atom. The first-order valence-corrected chi connectivity index (χ1v) is 16.5. The number of aryl methyl sites for hydroxylation is 1. The average molecular weight is 651 g/mol. The minimum atomic E-state index is -4.18. The summed E-state index contributed by atoms with van der Waals surface area (Å²) in [5.74, 6) is -0.870. The molecule has 0 bridgehead atoms. The summed E-state index contributed by atoms with van der Waals surface area (Å²) in [6.45, 7) is 3.03. The molecule has 1 aliphatic carbocycles. The molecule has 0 aromatic heterocycles. The highest BCUT2D eigenvalue weighted by molar-refractivity contribution is 7.92. The maximum atomic E-state index is 14.2. The molecule has 3 aromatic carbocycles. The molecule has 0 saturated heterocycles. The van der Waals surface area contributed by atoms with E-state index >= 15 is 0 Å². The van der Waals surface area contributed by atoms with Gasteiger partial charge in [0, 0.05) is 33.2 Å². The van der Waals surface area contributed by atoms with Crippen LogP contribution in [0.2, 0.25) is 15.1 Å². The Morgan fingerprint density at radius 1 is 0.929 bits per heavy atom. The molecular formula is C31H34Cl3N3O4S. The minimum absolute atomic E-state index is 0.0302. The lowest BCUT2D eigenvalue weighted by Crippen LogP contribution is -2.53. The zero-order valence-corrected chi connectivity index (χ0v) is 26.6. The quantitative estimate of drug-likeness (QED) is 0.242. The number of nitrogens with one attached hydrogen (secondary N) is 1. The van der Waals surface area contributed by atoms with Gasteiger partial charge in [-0.05, 0) is 74.7 Å². The largest absolute Gasteiger partial charge is 0.352 e. The highest BCUT2D eigenvalue weighted by Crippen LogP contribution is 2.29. The number of nitrogens with zero attached hydrogens (tertiary/aromatic N) is 2. The van der Waals surface area contributed by atoms with E-state index in [1.807, 2.05) is 13.8 Å². The number of sulfonamides is 1. The molecule has 1 fully saturated rings. The van der Waals surface area contributed by atoms with Gasteiger partial charge in [0.15, 0.2) is 0 Å². The van der Waals surface area contributed by atoms with Crippen molar-refractivity contribution in [2.24, 2.45) is 0 Å².